The number of aromatic carboxylic acids is 1. The molecule has 0 saturated carbocycles. The second-order valence-corrected chi connectivity index (χ2v) is 5.14. The molecule has 110 valence electrons. The van der Waals surface area contributed by atoms with Crippen LogP contribution in [0.15, 0.2) is 30.5 Å². The highest BCUT2D eigenvalue weighted by atomic mass is 16.4. The third-order valence-corrected chi connectivity index (χ3v) is 3.29. The van der Waals surface area contributed by atoms with Crippen molar-refractivity contribution in [2.75, 3.05) is 5.32 Å². The topological polar surface area (TPSA) is 105 Å². The van der Waals surface area contributed by atoms with E-state index in [1.54, 1.807) is 24.3 Å². The molecule has 0 radical (unpaired) electrons. The molecule has 0 fully saturated rings. The minimum atomic E-state index is -1.04. The molecule has 0 aliphatic rings. The lowest BCUT2D eigenvalue weighted by molar-refractivity contribution is -0.119. The predicted molar refractivity (Wildman–Crippen MR) is 80.1 cm³/mol. The highest BCUT2D eigenvalue weighted by Gasteiger charge is 2.21. The van der Waals surface area contributed by atoms with Crippen molar-refractivity contribution >= 4 is 28.5 Å². The minimum Gasteiger partial charge on any atom is -0.478 e. The van der Waals surface area contributed by atoms with Gasteiger partial charge in [0.05, 0.1) is 5.56 Å². The summed E-state index contributed by atoms with van der Waals surface area (Å²) in [6.45, 7) is 3.74. The summed E-state index contributed by atoms with van der Waals surface area (Å²) in [5.41, 5.74) is 5.51. The van der Waals surface area contributed by atoms with Gasteiger partial charge >= 0.3 is 5.97 Å². The number of primary amides is 1. The molecule has 0 bridgehead atoms. The van der Waals surface area contributed by atoms with Crippen LogP contribution < -0.4 is 11.1 Å². The van der Waals surface area contributed by atoms with Crippen molar-refractivity contribution in [3.05, 3.63) is 36.0 Å². The molecule has 2 aromatic rings. The third-order valence-electron chi connectivity index (χ3n) is 3.29. The predicted octanol–water partition coefficient (Wildman–Crippen LogP) is 1.85. The lowest BCUT2D eigenvalue weighted by Gasteiger charge is -2.20. The number of carboxylic acid groups (broad SMARTS) is 1. The fourth-order valence-corrected chi connectivity index (χ4v) is 2.19. The molecule has 1 atom stereocenters. The molecule has 1 aromatic carbocycles. The Hall–Kier alpha value is -2.63. The first-order valence-corrected chi connectivity index (χ1v) is 6.58. The second kappa shape index (κ2) is 5.78. The van der Waals surface area contributed by atoms with Crippen LogP contribution in [-0.4, -0.2) is 28.0 Å². The highest BCUT2D eigenvalue weighted by molar-refractivity contribution is 6.06. The van der Waals surface area contributed by atoms with Gasteiger partial charge in [0.25, 0.3) is 0 Å². The molecule has 2 rings (SSSR count). The molecule has 1 aromatic heterocycles. The van der Waals surface area contributed by atoms with Gasteiger partial charge < -0.3 is 16.2 Å². The first-order chi connectivity index (χ1) is 9.91. The van der Waals surface area contributed by atoms with Gasteiger partial charge in [-0.1, -0.05) is 38.1 Å². The number of carboxylic acids is 1. The molecule has 6 heteroatoms. The molecule has 4 N–H and O–H groups in total. The SMILES string of the molecule is CC(C)C(Nc1ncc(C(=O)O)c2ccccc12)C(N)=O. The molecule has 1 unspecified atom stereocenters. The van der Waals surface area contributed by atoms with Gasteiger partial charge in [0, 0.05) is 17.0 Å². The standard InChI is InChI=1S/C15H17N3O3/c1-8(2)12(13(16)19)18-14-10-6-4-3-5-9(10)11(7-17-14)15(20)21/h3-8,12H,1-2H3,(H2,16,19)(H,17,18)(H,20,21). The maximum atomic E-state index is 11.5. The van der Waals surface area contributed by atoms with E-state index in [0.717, 1.165) is 0 Å². The van der Waals surface area contributed by atoms with Crippen molar-refractivity contribution in [2.24, 2.45) is 11.7 Å². The Morgan fingerprint density at radius 3 is 2.38 bits per heavy atom. The molecule has 1 amide bonds. The number of fused-ring (bicyclic) bond motifs is 1. The van der Waals surface area contributed by atoms with E-state index in [9.17, 15) is 14.7 Å². The van der Waals surface area contributed by atoms with E-state index < -0.39 is 17.9 Å². The number of aromatic nitrogens is 1. The molecular formula is C15H17N3O3. The molecule has 0 aliphatic carbocycles. The Labute approximate surface area is 122 Å². The zero-order valence-corrected chi connectivity index (χ0v) is 11.8. The van der Waals surface area contributed by atoms with Gasteiger partial charge in [0.2, 0.25) is 5.91 Å². The van der Waals surface area contributed by atoms with Gasteiger partial charge in [-0.05, 0) is 5.92 Å². The Balaban J connectivity index is 2.53. The van der Waals surface area contributed by atoms with Crippen LogP contribution in [0.2, 0.25) is 0 Å². The third kappa shape index (κ3) is 2.94. The molecule has 6 nitrogen and oxygen atoms in total. The fraction of sp³-hybridized carbons (Fsp3) is 0.267. The van der Waals surface area contributed by atoms with Crippen molar-refractivity contribution in [1.29, 1.82) is 0 Å². The zero-order chi connectivity index (χ0) is 15.6. The Bertz CT molecular complexity index is 698. The van der Waals surface area contributed by atoms with Crippen molar-refractivity contribution < 1.29 is 14.7 Å². The average molecular weight is 287 g/mol. The van der Waals surface area contributed by atoms with Gasteiger partial charge in [-0.25, -0.2) is 9.78 Å². The normalized spacial score (nSPS) is 12.3. The summed E-state index contributed by atoms with van der Waals surface area (Å²) < 4.78 is 0. The quantitative estimate of drug-likeness (QED) is 0.778. The summed E-state index contributed by atoms with van der Waals surface area (Å²) in [4.78, 5) is 26.9. The molecular weight excluding hydrogens is 270 g/mol. The van der Waals surface area contributed by atoms with Crippen LogP contribution in [0.3, 0.4) is 0 Å². The van der Waals surface area contributed by atoms with Crippen molar-refractivity contribution in [1.82, 2.24) is 4.98 Å². The van der Waals surface area contributed by atoms with Crippen molar-refractivity contribution in [3.8, 4) is 0 Å². The first-order valence-electron chi connectivity index (χ1n) is 6.58. The number of hydrogen-bond donors (Lipinski definition) is 3. The number of nitrogens with zero attached hydrogens (tertiary/aromatic N) is 1. The molecule has 0 spiro atoms. The van der Waals surface area contributed by atoms with Crippen LogP contribution >= 0.6 is 0 Å². The van der Waals surface area contributed by atoms with Crippen LogP contribution in [0.25, 0.3) is 10.8 Å². The van der Waals surface area contributed by atoms with E-state index in [2.05, 4.69) is 10.3 Å². The molecule has 0 aliphatic heterocycles. The van der Waals surface area contributed by atoms with E-state index in [0.29, 0.717) is 16.6 Å². The fourth-order valence-electron chi connectivity index (χ4n) is 2.19. The zero-order valence-electron chi connectivity index (χ0n) is 11.8. The van der Waals surface area contributed by atoms with Gasteiger partial charge in [-0.3, -0.25) is 4.79 Å². The maximum absolute atomic E-state index is 11.5. The number of amides is 1. The lowest BCUT2D eigenvalue weighted by Crippen LogP contribution is -2.39. The average Bonchev–Trinajstić information content (AvgIpc) is 2.43. The Kier molecular flexibility index (Phi) is 4.07. The lowest BCUT2D eigenvalue weighted by atomic mass is 10.0. The summed E-state index contributed by atoms with van der Waals surface area (Å²) in [7, 11) is 0. The van der Waals surface area contributed by atoms with Crippen LogP contribution in [0.5, 0.6) is 0 Å². The van der Waals surface area contributed by atoms with Crippen LogP contribution in [0, 0.1) is 5.92 Å². The van der Waals surface area contributed by atoms with Crippen LogP contribution in [0.1, 0.15) is 24.2 Å². The van der Waals surface area contributed by atoms with Gasteiger partial charge in [-0.2, -0.15) is 0 Å². The number of hydrogen-bond acceptors (Lipinski definition) is 4. The second-order valence-electron chi connectivity index (χ2n) is 5.14. The van der Waals surface area contributed by atoms with Gasteiger partial charge in [-0.15, -0.1) is 0 Å². The number of nitrogens with two attached hydrogens (primary N) is 1. The summed E-state index contributed by atoms with van der Waals surface area (Å²) in [5.74, 6) is -1.07. The van der Waals surface area contributed by atoms with E-state index >= 15 is 0 Å². The largest absolute Gasteiger partial charge is 0.478 e. The number of anilines is 1. The monoisotopic (exact) mass is 287 g/mol. The number of benzene rings is 1. The number of carbonyl (C=O) groups excluding carboxylic acids is 1. The maximum Gasteiger partial charge on any atom is 0.337 e. The van der Waals surface area contributed by atoms with Gasteiger partial charge in [0.15, 0.2) is 0 Å². The summed E-state index contributed by atoms with van der Waals surface area (Å²) in [6.07, 6.45) is 1.28. The molecule has 21 heavy (non-hydrogen) atoms. The number of rotatable bonds is 5. The Morgan fingerprint density at radius 1 is 1.24 bits per heavy atom. The highest BCUT2D eigenvalue weighted by Crippen LogP contribution is 2.25. The van der Waals surface area contributed by atoms with E-state index in [1.165, 1.54) is 6.20 Å². The summed E-state index contributed by atoms with van der Waals surface area (Å²) >= 11 is 0. The number of carbonyl (C=O) groups is 2. The smallest absolute Gasteiger partial charge is 0.337 e. The first kappa shape index (κ1) is 14.8. The van der Waals surface area contributed by atoms with Crippen LogP contribution in [-0.2, 0) is 4.79 Å². The van der Waals surface area contributed by atoms with E-state index in [1.807, 2.05) is 13.8 Å². The van der Waals surface area contributed by atoms with Crippen molar-refractivity contribution in [3.63, 3.8) is 0 Å². The summed E-state index contributed by atoms with van der Waals surface area (Å²) in [6, 6.07) is 6.44. The van der Waals surface area contributed by atoms with Crippen molar-refractivity contribution in [2.45, 2.75) is 19.9 Å². The Morgan fingerprint density at radius 2 is 1.86 bits per heavy atom. The number of pyridine rings is 1. The van der Waals surface area contributed by atoms with E-state index in [-0.39, 0.29) is 11.5 Å². The van der Waals surface area contributed by atoms with Crippen LogP contribution in [0.4, 0.5) is 5.82 Å². The minimum absolute atomic E-state index is 0.0118. The van der Waals surface area contributed by atoms with Gasteiger partial charge in [0.1, 0.15) is 11.9 Å². The molecule has 0 saturated heterocycles. The molecule has 1 heterocycles. The number of nitrogens with one attached hydrogen (secondary N) is 1. The van der Waals surface area contributed by atoms with E-state index in [4.69, 9.17) is 5.73 Å². The summed E-state index contributed by atoms with van der Waals surface area (Å²) in [5, 5.41) is 13.4.